The van der Waals surface area contributed by atoms with E-state index in [0.29, 0.717) is 5.75 Å². The van der Waals surface area contributed by atoms with E-state index in [1.807, 2.05) is 0 Å². The van der Waals surface area contributed by atoms with Crippen LogP contribution in [0.25, 0.3) is 0 Å². The molecular weight excluding hydrogens is 150 g/mol. The SMILES string of the molecule is CCCSC[C@@H]([NH3+])C(=O)[O-]. The van der Waals surface area contributed by atoms with E-state index in [4.69, 9.17) is 0 Å². The van der Waals surface area contributed by atoms with Gasteiger partial charge in [0.2, 0.25) is 0 Å². The molecule has 4 heteroatoms. The first kappa shape index (κ1) is 9.78. The molecule has 0 aromatic heterocycles. The molecule has 0 aliphatic carbocycles. The highest BCUT2D eigenvalue weighted by molar-refractivity contribution is 7.99. The molecule has 0 radical (unpaired) electrons. The Labute approximate surface area is 65.0 Å². The number of hydrogen-bond donors (Lipinski definition) is 1. The summed E-state index contributed by atoms with van der Waals surface area (Å²) in [5.74, 6) is 0.513. The minimum atomic E-state index is -1.05. The molecule has 0 heterocycles. The first-order valence-electron chi connectivity index (χ1n) is 3.30. The first-order valence-corrected chi connectivity index (χ1v) is 4.45. The fraction of sp³-hybridized carbons (Fsp3) is 0.833. The largest absolute Gasteiger partial charge is 0.544 e. The standard InChI is InChI=1S/C6H13NO2S/c1-2-3-10-4-5(7)6(8)9/h5H,2-4,7H2,1H3,(H,8,9)/t5-/m1/s1. The summed E-state index contributed by atoms with van der Waals surface area (Å²) in [5, 5.41) is 10.1. The van der Waals surface area contributed by atoms with E-state index in [-0.39, 0.29) is 0 Å². The van der Waals surface area contributed by atoms with E-state index >= 15 is 0 Å². The molecule has 0 unspecified atom stereocenters. The summed E-state index contributed by atoms with van der Waals surface area (Å²) in [5.41, 5.74) is 3.43. The van der Waals surface area contributed by atoms with Gasteiger partial charge in [-0.2, -0.15) is 11.8 Å². The quantitative estimate of drug-likeness (QED) is 0.501. The van der Waals surface area contributed by atoms with Crippen LogP contribution in [0, 0.1) is 0 Å². The molecule has 0 aliphatic rings. The summed E-state index contributed by atoms with van der Waals surface area (Å²) in [4.78, 5) is 10.1. The number of hydrogen-bond acceptors (Lipinski definition) is 3. The maximum Gasteiger partial charge on any atom is 0.134 e. The summed E-state index contributed by atoms with van der Waals surface area (Å²) in [7, 11) is 0. The van der Waals surface area contributed by atoms with Crippen LogP contribution in [0.1, 0.15) is 13.3 Å². The normalized spacial score (nSPS) is 13.0. The van der Waals surface area contributed by atoms with Gasteiger partial charge in [0.25, 0.3) is 0 Å². The van der Waals surface area contributed by atoms with Crippen molar-refractivity contribution >= 4 is 17.7 Å². The summed E-state index contributed by atoms with van der Waals surface area (Å²) >= 11 is 1.61. The van der Waals surface area contributed by atoms with E-state index in [0.717, 1.165) is 12.2 Å². The van der Waals surface area contributed by atoms with E-state index in [9.17, 15) is 9.90 Å². The Kier molecular flexibility index (Phi) is 5.43. The van der Waals surface area contributed by atoms with Gasteiger partial charge in [0.15, 0.2) is 0 Å². The molecule has 3 N–H and O–H groups in total. The number of carboxylic acids is 1. The second-order valence-corrected chi connectivity index (χ2v) is 3.24. The van der Waals surface area contributed by atoms with Gasteiger partial charge in [-0.1, -0.05) is 6.92 Å². The van der Waals surface area contributed by atoms with Crippen LogP contribution in [0.5, 0.6) is 0 Å². The maximum absolute atomic E-state index is 10.1. The Bertz CT molecular complexity index is 108. The molecule has 1 atom stereocenters. The lowest BCUT2D eigenvalue weighted by atomic mass is 10.4. The van der Waals surface area contributed by atoms with Gasteiger partial charge in [0, 0.05) is 0 Å². The van der Waals surface area contributed by atoms with Crippen molar-refractivity contribution in [3.63, 3.8) is 0 Å². The van der Waals surface area contributed by atoms with Crippen molar-refractivity contribution in [1.29, 1.82) is 0 Å². The number of aliphatic carboxylic acids is 1. The monoisotopic (exact) mass is 163 g/mol. The van der Waals surface area contributed by atoms with Gasteiger partial charge in [-0.15, -0.1) is 0 Å². The molecule has 0 aromatic carbocycles. The fourth-order valence-electron chi connectivity index (χ4n) is 0.438. The van der Waals surface area contributed by atoms with Crippen LogP contribution in [-0.4, -0.2) is 23.5 Å². The van der Waals surface area contributed by atoms with Crippen LogP contribution >= 0.6 is 11.8 Å². The molecule has 10 heavy (non-hydrogen) atoms. The summed E-state index contributed by atoms with van der Waals surface area (Å²) in [6.07, 6.45) is 1.07. The van der Waals surface area contributed by atoms with E-state index in [1.165, 1.54) is 0 Å². The molecule has 0 aromatic rings. The molecule has 0 spiro atoms. The lowest BCUT2D eigenvalue weighted by molar-refractivity contribution is -0.431. The highest BCUT2D eigenvalue weighted by atomic mass is 32.2. The van der Waals surface area contributed by atoms with Crippen molar-refractivity contribution < 1.29 is 15.6 Å². The fourth-order valence-corrected chi connectivity index (χ4v) is 1.31. The first-order chi connectivity index (χ1) is 4.68. The van der Waals surface area contributed by atoms with Gasteiger partial charge in [-0.3, -0.25) is 0 Å². The van der Waals surface area contributed by atoms with Crippen LogP contribution in [0.4, 0.5) is 0 Å². The van der Waals surface area contributed by atoms with Crippen molar-refractivity contribution in [2.45, 2.75) is 19.4 Å². The Hall–Kier alpha value is -0.220. The molecule has 3 nitrogen and oxygen atoms in total. The zero-order valence-electron chi connectivity index (χ0n) is 6.13. The Morgan fingerprint density at radius 3 is 2.80 bits per heavy atom. The zero-order chi connectivity index (χ0) is 7.98. The van der Waals surface area contributed by atoms with Gasteiger partial charge < -0.3 is 15.6 Å². The Morgan fingerprint density at radius 2 is 2.40 bits per heavy atom. The predicted octanol–water partition coefficient (Wildman–Crippen LogP) is -1.51. The minimum Gasteiger partial charge on any atom is -0.544 e. The van der Waals surface area contributed by atoms with Crippen LogP contribution in [0.3, 0.4) is 0 Å². The van der Waals surface area contributed by atoms with E-state index in [2.05, 4.69) is 12.7 Å². The third-order valence-corrected chi connectivity index (χ3v) is 2.34. The third-order valence-electron chi connectivity index (χ3n) is 1.00. The third kappa shape index (κ3) is 4.64. The van der Waals surface area contributed by atoms with Gasteiger partial charge in [-0.05, 0) is 12.2 Å². The number of quaternary nitrogens is 1. The van der Waals surface area contributed by atoms with E-state index in [1.54, 1.807) is 11.8 Å². The summed E-state index contributed by atoms with van der Waals surface area (Å²) < 4.78 is 0. The van der Waals surface area contributed by atoms with Crippen LogP contribution in [-0.2, 0) is 4.79 Å². The molecule has 0 amide bonds. The number of thioether (sulfide) groups is 1. The lowest BCUT2D eigenvalue weighted by Crippen LogP contribution is -2.69. The highest BCUT2D eigenvalue weighted by Gasteiger charge is 2.05. The zero-order valence-corrected chi connectivity index (χ0v) is 6.95. The maximum atomic E-state index is 10.1. The van der Waals surface area contributed by atoms with Crippen molar-refractivity contribution in [3.05, 3.63) is 0 Å². The van der Waals surface area contributed by atoms with Crippen LogP contribution in [0.15, 0.2) is 0 Å². The molecule has 0 bridgehead atoms. The second-order valence-electron chi connectivity index (χ2n) is 2.09. The Balaban J connectivity index is 3.21. The molecular formula is C6H13NO2S. The number of carboxylic acid groups (broad SMARTS) is 1. The lowest BCUT2D eigenvalue weighted by Gasteiger charge is -2.07. The molecule has 0 saturated carbocycles. The predicted molar refractivity (Wildman–Crippen MR) is 39.3 cm³/mol. The number of carbonyl (C=O) groups excluding carboxylic acids is 1. The molecule has 0 saturated heterocycles. The molecule has 60 valence electrons. The van der Waals surface area contributed by atoms with Gasteiger partial charge in [-0.25, -0.2) is 0 Å². The molecule has 0 aliphatic heterocycles. The molecule has 0 rings (SSSR count). The van der Waals surface area contributed by atoms with Crippen LogP contribution < -0.4 is 10.8 Å². The topological polar surface area (TPSA) is 67.8 Å². The van der Waals surface area contributed by atoms with Gasteiger partial charge in [0.1, 0.15) is 6.04 Å². The van der Waals surface area contributed by atoms with Crippen molar-refractivity contribution in [2.24, 2.45) is 0 Å². The summed E-state index contributed by atoms with van der Waals surface area (Å²) in [6, 6.07) is -0.559. The van der Waals surface area contributed by atoms with Crippen molar-refractivity contribution in [3.8, 4) is 0 Å². The summed E-state index contributed by atoms with van der Waals surface area (Å²) in [6.45, 7) is 2.06. The van der Waals surface area contributed by atoms with Crippen LogP contribution in [0.2, 0.25) is 0 Å². The minimum absolute atomic E-state index is 0.559. The number of carbonyl (C=O) groups is 1. The second kappa shape index (κ2) is 5.56. The number of rotatable bonds is 5. The van der Waals surface area contributed by atoms with Crippen molar-refractivity contribution in [2.75, 3.05) is 11.5 Å². The molecule has 0 fully saturated rings. The Morgan fingerprint density at radius 1 is 1.80 bits per heavy atom. The van der Waals surface area contributed by atoms with Gasteiger partial charge in [0.05, 0.1) is 11.7 Å². The average Bonchev–Trinajstić information content (AvgIpc) is 1.88. The average molecular weight is 163 g/mol. The van der Waals surface area contributed by atoms with Gasteiger partial charge >= 0.3 is 0 Å². The van der Waals surface area contributed by atoms with E-state index < -0.39 is 12.0 Å². The highest BCUT2D eigenvalue weighted by Crippen LogP contribution is 2.01. The van der Waals surface area contributed by atoms with Crippen molar-refractivity contribution in [1.82, 2.24) is 0 Å². The smallest absolute Gasteiger partial charge is 0.134 e.